The molecule has 3 fully saturated rings. The molecule has 3 saturated heterocycles. The molecule has 3 aliphatic rings. The first-order valence-corrected chi connectivity index (χ1v) is 8.23. The summed E-state index contributed by atoms with van der Waals surface area (Å²) in [6.07, 6.45) is 2.59. The highest BCUT2D eigenvalue weighted by molar-refractivity contribution is 7.99. The maximum Gasteiger partial charge on any atom is 0.303 e. The van der Waals surface area contributed by atoms with Crippen LogP contribution in [0, 0.1) is 17.8 Å². The van der Waals surface area contributed by atoms with Crippen LogP contribution in [0.5, 0.6) is 0 Å². The van der Waals surface area contributed by atoms with Crippen molar-refractivity contribution < 1.29 is 9.90 Å². The Hall–Kier alpha value is -0.220. The highest BCUT2D eigenvalue weighted by atomic mass is 32.2. The monoisotopic (exact) mass is 271 g/mol. The molecule has 18 heavy (non-hydrogen) atoms. The molecule has 3 heterocycles. The van der Waals surface area contributed by atoms with Gasteiger partial charge in [-0.1, -0.05) is 0 Å². The molecule has 2 unspecified atom stereocenters. The Kier molecular flexibility index (Phi) is 4.96. The Bertz CT molecular complexity index is 280. The minimum atomic E-state index is -0.619. The Labute approximate surface area is 114 Å². The number of hydrogen-bond donors (Lipinski definition) is 1. The van der Waals surface area contributed by atoms with E-state index in [9.17, 15) is 4.79 Å². The standard InChI is InChI=1S/C14H25NO2S/c1-10(2)15-6-12-3-11(5-14(16)17)4-13(7-15)9-18-8-12/h10-13H,3-9H2,1-2H3,(H,16,17). The van der Waals surface area contributed by atoms with Crippen LogP contribution in [0.1, 0.15) is 33.1 Å². The van der Waals surface area contributed by atoms with Crippen molar-refractivity contribution in [2.24, 2.45) is 17.8 Å². The van der Waals surface area contributed by atoms with E-state index in [-0.39, 0.29) is 0 Å². The molecule has 0 aromatic rings. The molecule has 0 aromatic heterocycles. The Morgan fingerprint density at radius 1 is 1.28 bits per heavy atom. The van der Waals surface area contributed by atoms with Gasteiger partial charge in [0.15, 0.2) is 0 Å². The number of aliphatic carboxylic acids is 1. The molecule has 3 nitrogen and oxygen atoms in total. The normalized spacial score (nSPS) is 34.1. The summed E-state index contributed by atoms with van der Waals surface area (Å²) in [5.41, 5.74) is 0. The van der Waals surface area contributed by atoms with Crippen molar-refractivity contribution in [1.82, 2.24) is 4.90 Å². The van der Waals surface area contributed by atoms with Crippen molar-refractivity contribution in [2.75, 3.05) is 24.6 Å². The van der Waals surface area contributed by atoms with Crippen molar-refractivity contribution >= 4 is 17.7 Å². The minimum Gasteiger partial charge on any atom is -0.481 e. The number of carbonyl (C=O) groups is 1. The average Bonchev–Trinajstić information content (AvgIpc) is 2.17. The summed E-state index contributed by atoms with van der Waals surface area (Å²) in [6.45, 7) is 6.88. The number of fused-ring (bicyclic) bond motifs is 6. The topological polar surface area (TPSA) is 40.5 Å². The fraction of sp³-hybridized carbons (Fsp3) is 0.929. The van der Waals surface area contributed by atoms with Crippen LogP contribution in [0.25, 0.3) is 0 Å². The second kappa shape index (κ2) is 6.29. The van der Waals surface area contributed by atoms with Crippen LogP contribution in [-0.4, -0.2) is 46.6 Å². The summed E-state index contributed by atoms with van der Waals surface area (Å²) in [7, 11) is 0. The molecule has 2 atom stereocenters. The molecule has 0 aromatic carbocycles. The molecule has 0 spiro atoms. The number of nitrogens with zero attached hydrogens (tertiary/aromatic N) is 1. The van der Waals surface area contributed by atoms with Crippen LogP contribution in [0.2, 0.25) is 0 Å². The van der Waals surface area contributed by atoms with E-state index in [1.54, 1.807) is 0 Å². The first-order valence-electron chi connectivity index (χ1n) is 7.08. The smallest absolute Gasteiger partial charge is 0.303 e. The quantitative estimate of drug-likeness (QED) is 0.856. The second-order valence-corrected chi connectivity index (χ2v) is 7.33. The first-order chi connectivity index (χ1) is 8.54. The van der Waals surface area contributed by atoms with E-state index in [4.69, 9.17) is 5.11 Å². The van der Waals surface area contributed by atoms with Crippen LogP contribution >= 0.6 is 11.8 Å². The summed E-state index contributed by atoms with van der Waals surface area (Å²) in [6, 6.07) is 0.620. The molecule has 0 saturated carbocycles. The number of rotatable bonds is 3. The average molecular weight is 271 g/mol. The molecule has 0 amide bonds. The van der Waals surface area contributed by atoms with Gasteiger partial charge in [-0.05, 0) is 55.9 Å². The van der Waals surface area contributed by atoms with E-state index in [0.29, 0.717) is 30.2 Å². The lowest BCUT2D eigenvalue weighted by Gasteiger charge is -2.41. The van der Waals surface area contributed by atoms with Gasteiger partial charge in [0, 0.05) is 25.6 Å². The van der Waals surface area contributed by atoms with E-state index in [2.05, 4.69) is 30.5 Å². The fourth-order valence-corrected chi connectivity index (χ4v) is 4.69. The molecule has 3 aliphatic heterocycles. The van der Waals surface area contributed by atoms with Crippen molar-refractivity contribution in [3.8, 4) is 0 Å². The van der Waals surface area contributed by atoms with Gasteiger partial charge in [0.05, 0.1) is 0 Å². The van der Waals surface area contributed by atoms with E-state index < -0.39 is 5.97 Å². The van der Waals surface area contributed by atoms with Crippen LogP contribution in [-0.2, 0) is 4.79 Å². The highest BCUT2D eigenvalue weighted by Gasteiger charge is 2.31. The van der Waals surface area contributed by atoms with Crippen molar-refractivity contribution in [3.05, 3.63) is 0 Å². The Morgan fingerprint density at radius 2 is 1.83 bits per heavy atom. The lowest BCUT2D eigenvalue weighted by atomic mass is 9.83. The highest BCUT2D eigenvalue weighted by Crippen LogP contribution is 2.35. The predicted molar refractivity (Wildman–Crippen MR) is 76.0 cm³/mol. The largest absolute Gasteiger partial charge is 0.481 e. The lowest BCUT2D eigenvalue weighted by Crippen LogP contribution is -2.44. The van der Waals surface area contributed by atoms with Crippen LogP contribution in [0.4, 0.5) is 0 Å². The number of carboxylic acids is 1. The molecule has 104 valence electrons. The van der Waals surface area contributed by atoms with Crippen LogP contribution < -0.4 is 0 Å². The molecule has 2 bridgehead atoms. The predicted octanol–water partition coefficient (Wildman–Crippen LogP) is 2.56. The molecular weight excluding hydrogens is 246 g/mol. The van der Waals surface area contributed by atoms with Crippen molar-refractivity contribution in [2.45, 2.75) is 39.2 Å². The van der Waals surface area contributed by atoms with Gasteiger partial charge in [-0.15, -0.1) is 0 Å². The fourth-order valence-electron chi connectivity index (χ4n) is 3.40. The van der Waals surface area contributed by atoms with Gasteiger partial charge < -0.3 is 10.0 Å². The van der Waals surface area contributed by atoms with Crippen molar-refractivity contribution in [3.63, 3.8) is 0 Å². The van der Waals surface area contributed by atoms with E-state index in [1.807, 2.05) is 0 Å². The van der Waals surface area contributed by atoms with Crippen LogP contribution in [0.3, 0.4) is 0 Å². The molecule has 0 aliphatic carbocycles. The van der Waals surface area contributed by atoms with Crippen molar-refractivity contribution in [1.29, 1.82) is 0 Å². The number of hydrogen-bond acceptors (Lipinski definition) is 3. The zero-order valence-electron chi connectivity index (χ0n) is 11.5. The molecule has 0 radical (unpaired) electrons. The summed E-state index contributed by atoms with van der Waals surface area (Å²) in [4.78, 5) is 13.5. The van der Waals surface area contributed by atoms with Gasteiger partial charge >= 0.3 is 5.97 Å². The second-order valence-electron chi connectivity index (χ2n) is 6.25. The van der Waals surface area contributed by atoms with Gasteiger partial charge in [-0.3, -0.25) is 4.79 Å². The molecular formula is C14H25NO2S. The lowest BCUT2D eigenvalue weighted by molar-refractivity contribution is -0.138. The summed E-state index contributed by atoms with van der Waals surface area (Å²) >= 11 is 2.08. The zero-order valence-corrected chi connectivity index (χ0v) is 12.3. The third kappa shape index (κ3) is 3.89. The molecule has 1 N–H and O–H groups in total. The Balaban J connectivity index is 2.05. The maximum atomic E-state index is 10.9. The third-order valence-corrected chi connectivity index (χ3v) is 5.63. The van der Waals surface area contributed by atoms with E-state index in [1.165, 1.54) is 11.5 Å². The van der Waals surface area contributed by atoms with Gasteiger partial charge in [-0.2, -0.15) is 11.8 Å². The summed E-state index contributed by atoms with van der Waals surface area (Å²) < 4.78 is 0. The molecule has 3 rings (SSSR count). The van der Waals surface area contributed by atoms with Gasteiger partial charge in [0.2, 0.25) is 0 Å². The molecule has 4 heteroatoms. The summed E-state index contributed by atoms with van der Waals surface area (Å²) in [5.74, 6) is 3.59. The van der Waals surface area contributed by atoms with E-state index in [0.717, 1.165) is 25.9 Å². The zero-order chi connectivity index (χ0) is 13.1. The van der Waals surface area contributed by atoms with Gasteiger partial charge in [-0.25, -0.2) is 0 Å². The maximum absolute atomic E-state index is 10.9. The first kappa shape index (κ1) is 14.2. The Morgan fingerprint density at radius 3 is 2.28 bits per heavy atom. The van der Waals surface area contributed by atoms with Crippen LogP contribution in [0.15, 0.2) is 0 Å². The van der Waals surface area contributed by atoms with Gasteiger partial charge in [0.1, 0.15) is 0 Å². The minimum absolute atomic E-state index is 0.374. The SMILES string of the molecule is CC(C)N1CC2CSCC(CC(CC(=O)O)C2)C1. The van der Waals surface area contributed by atoms with Gasteiger partial charge in [0.25, 0.3) is 0 Å². The summed E-state index contributed by atoms with van der Waals surface area (Å²) in [5, 5.41) is 9.02. The number of carboxylic acid groups (broad SMARTS) is 1. The third-order valence-electron chi connectivity index (χ3n) is 4.22. The number of thioether (sulfide) groups is 1. The van der Waals surface area contributed by atoms with E-state index >= 15 is 0 Å².